The van der Waals surface area contributed by atoms with E-state index in [0.717, 1.165) is 22.7 Å². The third-order valence-corrected chi connectivity index (χ3v) is 3.73. The lowest BCUT2D eigenvalue weighted by molar-refractivity contribution is -0.280. The number of rotatable bonds is 0. The maximum atomic E-state index is 11.1. The van der Waals surface area contributed by atoms with Crippen molar-refractivity contribution in [1.29, 1.82) is 0 Å². The summed E-state index contributed by atoms with van der Waals surface area (Å²) in [4.78, 5) is 11.1. The first-order valence-electron chi connectivity index (χ1n) is 4.03. The first kappa shape index (κ1) is 8.66. The Bertz CT molecular complexity index is 363. The van der Waals surface area contributed by atoms with Crippen molar-refractivity contribution in [2.24, 2.45) is 0 Å². The van der Waals surface area contributed by atoms with Gasteiger partial charge in [0.2, 0.25) is 10.1 Å². The molecule has 3 rings (SSSR count). The van der Waals surface area contributed by atoms with Crippen molar-refractivity contribution >= 4 is 22.7 Å². The van der Waals surface area contributed by atoms with E-state index in [2.05, 4.69) is 0 Å². The minimum atomic E-state index is -0.540. The van der Waals surface area contributed by atoms with Gasteiger partial charge in [-0.15, -0.1) is 0 Å². The van der Waals surface area contributed by atoms with Crippen molar-refractivity contribution in [2.45, 2.75) is 12.6 Å². The van der Waals surface area contributed by atoms with Gasteiger partial charge in [0.05, 0.1) is 13.2 Å². The normalized spacial score (nSPS) is 29.7. The second kappa shape index (κ2) is 3.20. The number of hydrogen-bond acceptors (Lipinski definition) is 7. The zero-order chi connectivity index (χ0) is 9.54. The maximum absolute atomic E-state index is 11.1. The van der Waals surface area contributed by atoms with Crippen LogP contribution in [0.1, 0.15) is 0 Å². The van der Waals surface area contributed by atoms with Crippen LogP contribution in [0.25, 0.3) is 0 Å². The molecule has 2 atom stereocenters. The Labute approximate surface area is 86.8 Å². The van der Waals surface area contributed by atoms with Crippen LogP contribution in [-0.2, 0) is 9.47 Å². The molecule has 7 heteroatoms. The summed E-state index contributed by atoms with van der Waals surface area (Å²) >= 11 is 2.05. The average Bonchev–Trinajstić information content (AvgIpc) is 2.53. The largest absolute Gasteiger partial charge is 0.444 e. The minimum Gasteiger partial charge on any atom is -0.444 e. The summed E-state index contributed by atoms with van der Waals surface area (Å²) in [6, 6.07) is 0. The first-order valence-corrected chi connectivity index (χ1v) is 5.67. The van der Waals surface area contributed by atoms with Gasteiger partial charge in [-0.2, -0.15) is 0 Å². The molecular weight excluding hydrogens is 228 g/mol. The van der Waals surface area contributed by atoms with E-state index in [-0.39, 0.29) is 4.06 Å². The third kappa shape index (κ3) is 1.33. The van der Waals surface area contributed by atoms with Gasteiger partial charge in [-0.05, 0) is 22.7 Å². The van der Waals surface area contributed by atoms with Gasteiger partial charge in [0.1, 0.15) is 0 Å². The number of fused-ring (bicyclic) bond motifs is 2. The van der Waals surface area contributed by atoms with Crippen LogP contribution in [0.2, 0.25) is 0 Å². The van der Waals surface area contributed by atoms with Crippen molar-refractivity contribution in [3.63, 3.8) is 0 Å². The smallest absolute Gasteiger partial charge is 0.294 e. The van der Waals surface area contributed by atoms with Crippen molar-refractivity contribution in [2.75, 3.05) is 13.2 Å². The molecule has 0 N–H and O–H groups in total. The average molecular weight is 234 g/mol. The summed E-state index contributed by atoms with van der Waals surface area (Å²) in [5.74, 6) is 0. The molecule has 0 radical (unpaired) electrons. The van der Waals surface area contributed by atoms with Crippen LogP contribution in [0, 0.1) is 0 Å². The topological polar surface area (TPSA) is 54.0 Å². The summed E-state index contributed by atoms with van der Waals surface area (Å²) in [7, 11) is 0. The predicted octanol–water partition coefficient (Wildman–Crippen LogP) is 0.640. The molecule has 14 heavy (non-hydrogen) atoms. The molecule has 1 fully saturated rings. The molecule has 1 aromatic heterocycles. The Morgan fingerprint density at radius 3 is 2.00 bits per heavy atom. The number of ether oxygens (including phenoxy) is 4. The molecule has 5 nitrogen and oxygen atoms in total. The van der Waals surface area contributed by atoms with E-state index < -0.39 is 12.6 Å². The highest BCUT2D eigenvalue weighted by molar-refractivity contribution is 7.30. The van der Waals surface area contributed by atoms with E-state index in [4.69, 9.17) is 18.9 Å². The fourth-order valence-electron chi connectivity index (χ4n) is 1.28. The van der Waals surface area contributed by atoms with Gasteiger partial charge in [-0.1, -0.05) is 0 Å². The quantitative estimate of drug-likeness (QED) is 0.659. The first-order chi connectivity index (χ1) is 6.83. The Morgan fingerprint density at radius 1 is 1.00 bits per heavy atom. The van der Waals surface area contributed by atoms with Gasteiger partial charge in [0, 0.05) is 0 Å². The molecule has 0 aliphatic carbocycles. The predicted molar refractivity (Wildman–Crippen MR) is 49.2 cm³/mol. The van der Waals surface area contributed by atoms with Crippen molar-refractivity contribution in [1.82, 2.24) is 0 Å². The summed E-state index contributed by atoms with van der Waals surface area (Å²) in [5, 5.41) is 0.985. The second-order valence-corrected chi connectivity index (χ2v) is 4.89. The molecule has 2 aliphatic heterocycles. The SMILES string of the molecule is O=c1sc2c(s1)OC1OCCOC1O2. The molecule has 2 aliphatic rings. The van der Waals surface area contributed by atoms with Crippen LogP contribution in [0.15, 0.2) is 4.79 Å². The lowest BCUT2D eigenvalue weighted by Gasteiger charge is -2.34. The zero-order valence-corrected chi connectivity index (χ0v) is 8.56. The van der Waals surface area contributed by atoms with Gasteiger partial charge < -0.3 is 18.9 Å². The molecular formula is C7H6O5S2. The van der Waals surface area contributed by atoms with Crippen LogP contribution in [0.3, 0.4) is 0 Å². The van der Waals surface area contributed by atoms with Crippen molar-refractivity contribution in [3.8, 4) is 10.1 Å². The van der Waals surface area contributed by atoms with E-state index in [1.165, 1.54) is 0 Å². The molecule has 0 amide bonds. The highest BCUT2D eigenvalue weighted by Crippen LogP contribution is 2.40. The highest BCUT2D eigenvalue weighted by Gasteiger charge is 2.37. The van der Waals surface area contributed by atoms with Gasteiger partial charge >= 0.3 is 0 Å². The maximum Gasteiger partial charge on any atom is 0.294 e. The number of hydrogen-bond donors (Lipinski definition) is 0. The van der Waals surface area contributed by atoms with E-state index in [9.17, 15) is 4.79 Å². The van der Waals surface area contributed by atoms with Crippen LogP contribution in [0.4, 0.5) is 0 Å². The summed E-state index contributed by atoms with van der Waals surface area (Å²) < 4.78 is 21.3. The van der Waals surface area contributed by atoms with E-state index in [1.807, 2.05) is 0 Å². The Balaban J connectivity index is 1.94. The van der Waals surface area contributed by atoms with E-state index >= 15 is 0 Å². The Hall–Kier alpha value is -0.630. The fraction of sp³-hybridized carbons (Fsp3) is 0.571. The highest BCUT2D eigenvalue weighted by atomic mass is 32.2. The van der Waals surface area contributed by atoms with Crippen LogP contribution in [-0.4, -0.2) is 25.8 Å². The minimum absolute atomic E-state index is 0.0475. The Morgan fingerprint density at radius 2 is 1.50 bits per heavy atom. The molecule has 2 unspecified atom stereocenters. The molecule has 0 bridgehead atoms. The van der Waals surface area contributed by atoms with E-state index in [1.54, 1.807) is 0 Å². The van der Waals surface area contributed by atoms with Gasteiger partial charge in [-0.25, -0.2) is 0 Å². The standard InChI is InChI=1S/C7H6O5S2/c8-7-13-5-6(14-7)12-4-3(11-5)9-1-2-10-4/h3-4H,1-2H2. The molecule has 76 valence electrons. The zero-order valence-electron chi connectivity index (χ0n) is 6.93. The lowest BCUT2D eigenvalue weighted by Crippen LogP contribution is -2.47. The molecule has 1 saturated heterocycles. The summed E-state index contributed by atoms with van der Waals surface area (Å²) in [5.41, 5.74) is 0. The van der Waals surface area contributed by atoms with Crippen LogP contribution >= 0.6 is 22.7 Å². The third-order valence-electron chi connectivity index (χ3n) is 1.83. The van der Waals surface area contributed by atoms with Crippen molar-refractivity contribution < 1.29 is 18.9 Å². The second-order valence-electron chi connectivity index (χ2n) is 2.74. The van der Waals surface area contributed by atoms with Gasteiger partial charge in [-0.3, -0.25) is 4.79 Å². The van der Waals surface area contributed by atoms with Gasteiger partial charge in [0.15, 0.2) is 0 Å². The molecule has 1 aromatic rings. The summed E-state index contributed by atoms with van der Waals surface area (Å²) in [6.45, 7) is 0.970. The fourth-order valence-corrected chi connectivity index (χ4v) is 3.00. The monoisotopic (exact) mass is 234 g/mol. The Kier molecular flexibility index (Phi) is 1.98. The van der Waals surface area contributed by atoms with Crippen LogP contribution in [0.5, 0.6) is 10.1 Å². The van der Waals surface area contributed by atoms with Crippen LogP contribution < -0.4 is 13.5 Å². The molecule has 0 saturated carbocycles. The van der Waals surface area contributed by atoms with E-state index in [0.29, 0.717) is 23.3 Å². The van der Waals surface area contributed by atoms with Crippen molar-refractivity contribution in [3.05, 3.63) is 8.85 Å². The lowest BCUT2D eigenvalue weighted by atomic mass is 10.5. The molecule has 0 spiro atoms. The molecule has 0 aromatic carbocycles. The molecule has 3 heterocycles. The summed E-state index contributed by atoms with van der Waals surface area (Å²) in [6.07, 6.45) is -1.08. The van der Waals surface area contributed by atoms with Gasteiger partial charge in [0.25, 0.3) is 16.6 Å².